The van der Waals surface area contributed by atoms with Crippen LogP contribution in [0.15, 0.2) is 24.3 Å². The van der Waals surface area contributed by atoms with Gasteiger partial charge in [-0.2, -0.15) is 13.2 Å². The third kappa shape index (κ3) is 3.61. The van der Waals surface area contributed by atoms with Crippen LogP contribution in [0.2, 0.25) is 0 Å². The minimum Gasteiger partial charge on any atom is -0.492 e. The highest BCUT2D eigenvalue weighted by Crippen LogP contribution is 2.29. The maximum atomic E-state index is 12.9. The van der Waals surface area contributed by atoms with Crippen molar-refractivity contribution in [3.05, 3.63) is 29.8 Å². The third-order valence-electron chi connectivity index (χ3n) is 3.21. The lowest BCUT2D eigenvalue weighted by Gasteiger charge is -2.26. The molecule has 7 heteroatoms. The highest BCUT2D eigenvalue weighted by atomic mass is 32.1. The van der Waals surface area contributed by atoms with E-state index in [2.05, 4.69) is 12.2 Å². The molecule has 1 aromatic rings. The van der Waals surface area contributed by atoms with Crippen molar-refractivity contribution in [1.29, 1.82) is 0 Å². The van der Waals surface area contributed by atoms with E-state index >= 15 is 0 Å². The molecular weight excluding hydrogens is 289 g/mol. The highest BCUT2D eigenvalue weighted by molar-refractivity contribution is 7.80. The quantitative estimate of drug-likeness (QED) is 0.870. The Kier molecular flexibility index (Phi) is 4.49. The molecule has 20 heavy (non-hydrogen) atoms. The van der Waals surface area contributed by atoms with Gasteiger partial charge in [-0.15, -0.1) is 0 Å². The van der Waals surface area contributed by atoms with Gasteiger partial charge in [0.05, 0.1) is 4.99 Å². The molecule has 2 rings (SSSR count). The summed E-state index contributed by atoms with van der Waals surface area (Å²) >= 11 is 4.55. The number of thiocarbonyl (C=S) groups is 1. The summed E-state index contributed by atoms with van der Waals surface area (Å²) in [4.78, 5) is 1.15. The molecule has 110 valence electrons. The fourth-order valence-corrected chi connectivity index (χ4v) is 2.36. The molecule has 0 saturated heterocycles. The van der Waals surface area contributed by atoms with E-state index in [4.69, 9.17) is 10.5 Å². The number of rotatable bonds is 3. The van der Waals surface area contributed by atoms with Crippen LogP contribution in [0, 0.1) is 5.92 Å². The molecule has 0 aliphatic carbocycles. The zero-order chi connectivity index (χ0) is 14.8. The summed E-state index contributed by atoms with van der Waals surface area (Å²) in [5.41, 5.74) is 6.10. The molecule has 0 spiro atoms. The van der Waals surface area contributed by atoms with Crippen molar-refractivity contribution in [1.82, 2.24) is 4.90 Å². The van der Waals surface area contributed by atoms with Gasteiger partial charge in [0.15, 0.2) is 0 Å². The Morgan fingerprint density at radius 3 is 2.75 bits per heavy atom. The summed E-state index contributed by atoms with van der Waals surface area (Å²) in [7, 11) is 0. The largest absolute Gasteiger partial charge is 0.492 e. The molecule has 0 saturated carbocycles. The lowest BCUT2D eigenvalue weighted by atomic mass is 10.1. The van der Waals surface area contributed by atoms with Crippen LogP contribution in [0.3, 0.4) is 0 Å². The zero-order valence-corrected chi connectivity index (χ0v) is 11.5. The number of benzene rings is 1. The smallest absolute Gasteiger partial charge is 0.399 e. The van der Waals surface area contributed by atoms with Crippen molar-refractivity contribution in [2.24, 2.45) is 11.7 Å². The van der Waals surface area contributed by atoms with Crippen molar-refractivity contribution in [2.45, 2.75) is 12.7 Å². The van der Waals surface area contributed by atoms with Gasteiger partial charge in [0, 0.05) is 25.2 Å². The van der Waals surface area contributed by atoms with Crippen molar-refractivity contribution in [2.75, 3.05) is 19.7 Å². The van der Waals surface area contributed by atoms with E-state index in [1.807, 2.05) is 24.3 Å². The molecule has 1 heterocycles. The summed E-state index contributed by atoms with van der Waals surface area (Å²) in [5.74, 6) is -1.07. The number of nitrogens with zero attached hydrogens (tertiary/aromatic N) is 1. The van der Waals surface area contributed by atoms with E-state index < -0.39 is 17.1 Å². The number of halogens is 3. The maximum absolute atomic E-state index is 12.9. The average molecular weight is 304 g/mol. The zero-order valence-electron chi connectivity index (χ0n) is 10.7. The van der Waals surface area contributed by atoms with Gasteiger partial charge in [-0.3, -0.25) is 4.90 Å². The van der Waals surface area contributed by atoms with Crippen molar-refractivity contribution in [3.63, 3.8) is 0 Å². The maximum Gasteiger partial charge on any atom is 0.399 e. The molecule has 1 aromatic carbocycles. The fourth-order valence-electron chi connectivity index (χ4n) is 2.15. The van der Waals surface area contributed by atoms with Crippen LogP contribution in [0.4, 0.5) is 13.2 Å². The van der Waals surface area contributed by atoms with Crippen LogP contribution in [0.1, 0.15) is 5.56 Å². The van der Waals surface area contributed by atoms with Crippen LogP contribution in [-0.2, 0) is 6.54 Å². The van der Waals surface area contributed by atoms with Crippen LogP contribution >= 0.6 is 12.2 Å². The van der Waals surface area contributed by atoms with E-state index in [0.717, 1.165) is 5.56 Å². The molecule has 3 nitrogen and oxygen atoms in total. The number of hydrogen-bond donors (Lipinski definition) is 1. The highest BCUT2D eigenvalue weighted by Gasteiger charge is 2.42. The SMILES string of the molecule is NC(=S)C(CN1CCOc2ccccc2C1)C(F)(F)F. The number of ether oxygens (including phenoxy) is 1. The number of para-hydroxylation sites is 1. The number of hydrogen-bond acceptors (Lipinski definition) is 3. The molecule has 1 aliphatic heterocycles. The van der Waals surface area contributed by atoms with Gasteiger partial charge < -0.3 is 10.5 Å². The van der Waals surface area contributed by atoms with Crippen molar-refractivity contribution < 1.29 is 17.9 Å². The molecule has 1 unspecified atom stereocenters. The summed E-state index contributed by atoms with van der Waals surface area (Å²) in [6, 6.07) is 7.33. The Hall–Kier alpha value is -1.34. The van der Waals surface area contributed by atoms with E-state index in [9.17, 15) is 13.2 Å². The average Bonchev–Trinajstić information content (AvgIpc) is 2.55. The van der Waals surface area contributed by atoms with E-state index in [1.54, 1.807) is 4.90 Å². The van der Waals surface area contributed by atoms with Crippen LogP contribution in [0.5, 0.6) is 5.75 Å². The number of nitrogens with two attached hydrogens (primary N) is 1. The number of fused-ring (bicyclic) bond motifs is 1. The first kappa shape index (κ1) is 15.1. The van der Waals surface area contributed by atoms with Crippen molar-refractivity contribution in [3.8, 4) is 5.75 Å². The minimum absolute atomic E-state index is 0.240. The molecular formula is C13H15F3N2OS. The van der Waals surface area contributed by atoms with Gasteiger partial charge in [-0.05, 0) is 6.07 Å². The summed E-state index contributed by atoms with van der Waals surface area (Å²) in [6.45, 7) is 0.907. The Bertz CT molecular complexity index is 493. The molecule has 0 amide bonds. The van der Waals surface area contributed by atoms with E-state index in [0.29, 0.717) is 25.4 Å². The predicted octanol–water partition coefficient (Wildman–Crippen LogP) is 2.35. The minimum atomic E-state index is -4.42. The monoisotopic (exact) mass is 304 g/mol. The third-order valence-corrected chi connectivity index (χ3v) is 3.50. The Morgan fingerprint density at radius 2 is 2.10 bits per heavy atom. The van der Waals surface area contributed by atoms with Crippen molar-refractivity contribution >= 4 is 17.2 Å². The van der Waals surface area contributed by atoms with Gasteiger partial charge in [0.1, 0.15) is 18.3 Å². The molecule has 1 aliphatic rings. The molecule has 0 fully saturated rings. The second-order valence-corrected chi connectivity index (χ2v) is 5.16. The molecule has 2 N–H and O–H groups in total. The first-order chi connectivity index (χ1) is 9.38. The predicted molar refractivity (Wildman–Crippen MR) is 73.5 cm³/mol. The van der Waals surface area contributed by atoms with Gasteiger partial charge in [0.25, 0.3) is 0 Å². The first-order valence-corrected chi connectivity index (χ1v) is 6.58. The van der Waals surface area contributed by atoms with E-state index in [1.165, 1.54) is 0 Å². The van der Waals surface area contributed by atoms with Crippen LogP contribution < -0.4 is 10.5 Å². The normalized spacial score (nSPS) is 17.8. The van der Waals surface area contributed by atoms with Gasteiger partial charge in [-0.1, -0.05) is 30.4 Å². The fraction of sp³-hybridized carbons (Fsp3) is 0.462. The summed E-state index contributed by atoms with van der Waals surface area (Å²) < 4.78 is 44.2. The lowest BCUT2D eigenvalue weighted by molar-refractivity contribution is -0.159. The second-order valence-electron chi connectivity index (χ2n) is 4.69. The van der Waals surface area contributed by atoms with Crippen LogP contribution in [-0.4, -0.2) is 35.8 Å². The molecule has 0 aromatic heterocycles. The Balaban J connectivity index is 2.12. The molecule has 0 radical (unpaired) electrons. The van der Waals surface area contributed by atoms with Gasteiger partial charge in [0.2, 0.25) is 0 Å². The molecule has 1 atom stereocenters. The lowest BCUT2D eigenvalue weighted by Crippen LogP contribution is -2.43. The summed E-state index contributed by atoms with van der Waals surface area (Å²) in [5, 5.41) is 0. The van der Waals surface area contributed by atoms with Gasteiger partial charge in [-0.25, -0.2) is 0 Å². The molecule has 0 bridgehead atoms. The van der Waals surface area contributed by atoms with Gasteiger partial charge >= 0.3 is 6.18 Å². The topological polar surface area (TPSA) is 38.5 Å². The number of alkyl halides is 3. The Morgan fingerprint density at radius 1 is 1.40 bits per heavy atom. The van der Waals surface area contributed by atoms with Crippen LogP contribution in [0.25, 0.3) is 0 Å². The first-order valence-electron chi connectivity index (χ1n) is 6.17. The second kappa shape index (κ2) is 5.97. The summed E-state index contributed by atoms with van der Waals surface area (Å²) in [6.07, 6.45) is -4.42. The Labute approximate surface area is 120 Å². The van der Waals surface area contributed by atoms with E-state index in [-0.39, 0.29) is 6.54 Å². The standard InChI is InChI=1S/C13H15F3N2OS/c14-13(15,16)10(12(17)20)8-18-5-6-19-11-4-2-1-3-9(11)7-18/h1-4,10H,5-8H2,(H2,17,20).